The Kier molecular flexibility index (Phi) is 4.94. The maximum Gasteiger partial charge on any atom is 0.112 e. The fourth-order valence-corrected chi connectivity index (χ4v) is 4.75. The van der Waals surface area contributed by atoms with E-state index in [1.807, 2.05) is 11.3 Å². The number of hydrogen-bond acceptors (Lipinski definition) is 5. The van der Waals surface area contributed by atoms with E-state index < -0.39 is 0 Å². The SMILES string of the molecule is CCCNC1CCCc2nc(C3CN(C)CCN3C)sc21. The van der Waals surface area contributed by atoms with Gasteiger partial charge in [-0.1, -0.05) is 6.92 Å². The van der Waals surface area contributed by atoms with Crippen LogP contribution in [0.4, 0.5) is 0 Å². The summed E-state index contributed by atoms with van der Waals surface area (Å²) in [6, 6.07) is 1.03. The summed E-state index contributed by atoms with van der Waals surface area (Å²) in [4.78, 5) is 11.4. The summed E-state index contributed by atoms with van der Waals surface area (Å²) in [6.45, 7) is 6.77. The van der Waals surface area contributed by atoms with Crippen LogP contribution in [0.1, 0.15) is 53.8 Å². The third kappa shape index (κ3) is 3.31. The molecule has 0 radical (unpaired) electrons. The zero-order valence-corrected chi connectivity index (χ0v) is 14.4. The van der Waals surface area contributed by atoms with E-state index in [1.54, 1.807) is 0 Å². The average molecular weight is 308 g/mol. The van der Waals surface area contributed by atoms with Gasteiger partial charge in [-0.05, 0) is 46.3 Å². The van der Waals surface area contributed by atoms with E-state index in [0.717, 1.165) is 19.6 Å². The van der Waals surface area contributed by atoms with Crippen LogP contribution in [0.2, 0.25) is 0 Å². The van der Waals surface area contributed by atoms with Gasteiger partial charge in [0.1, 0.15) is 5.01 Å². The maximum atomic E-state index is 5.03. The minimum atomic E-state index is 0.478. The van der Waals surface area contributed by atoms with Gasteiger partial charge in [-0.2, -0.15) is 0 Å². The van der Waals surface area contributed by atoms with Gasteiger partial charge < -0.3 is 10.2 Å². The standard InChI is InChI=1S/C16H28N4S/c1-4-8-17-12-6-5-7-13-15(12)21-16(18-13)14-11-19(2)9-10-20(14)3/h12,14,17H,4-11H2,1-3H3. The molecule has 1 fully saturated rings. The Balaban J connectivity index is 1.80. The lowest BCUT2D eigenvalue weighted by molar-refractivity contribution is 0.115. The van der Waals surface area contributed by atoms with Crippen molar-refractivity contribution in [2.24, 2.45) is 0 Å². The summed E-state index contributed by atoms with van der Waals surface area (Å²) in [6.07, 6.45) is 4.92. The Morgan fingerprint density at radius 1 is 1.33 bits per heavy atom. The summed E-state index contributed by atoms with van der Waals surface area (Å²) >= 11 is 1.96. The molecule has 0 amide bonds. The maximum absolute atomic E-state index is 5.03. The Hall–Kier alpha value is -0.490. The van der Waals surface area contributed by atoms with Crippen molar-refractivity contribution in [1.82, 2.24) is 20.1 Å². The molecule has 21 heavy (non-hydrogen) atoms. The number of aryl methyl sites for hydroxylation is 1. The van der Waals surface area contributed by atoms with Gasteiger partial charge in [-0.25, -0.2) is 4.98 Å². The van der Waals surface area contributed by atoms with E-state index >= 15 is 0 Å². The van der Waals surface area contributed by atoms with Crippen LogP contribution in [-0.4, -0.2) is 55.1 Å². The third-order valence-corrected chi connectivity index (χ3v) is 6.06. The van der Waals surface area contributed by atoms with Gasteiger partial charge in [0.2, 0.25) is 0 Å². The zero-order chi connectivity index (χ0) is 14.8. The predicted octanol–water partition coefficient (Wildman–Crippen LogP) is 2.44. The molecular weight excluding hydrogens is 280 g/mol. The molecule has 118 valence electrons. The average Bonchev–Trinajstić information content (AvgIpc) is 2.92. The molecule has 4 nitrogen and oxygen atoms in total. The van der Waals surface area contributed by atoms with Crippen LogP contribution in [0.5, 0.6) is 0 Å². The van der Waals surface area contributed by atoms with Gasteiger partial charge >= 0.3 is 0 Å². The molecule has 1 aliphatic heterocycles. The Bertz CT molecular complexity index is 473. The van der Waals surface area contributed by atoms with E-state index in [1.165, 1.54) is 47.8 Å². The quantitative estimate of drug-likeness (QED) is 0.926. The number of rotatable bonds is 4. The van der Waals surface area contributed by atoms with Crippen LogP contribution in [-0.2, 0) is 6.42 Å². The lowest BCUT2D eigenvalue weighted by Gasteiger charge is -2.36. The summed E-state index contributed by atoms with van der Waals surface area (Å²) < 4.78 is 0. The largest absolute Gasteiger partial charge is 0.309 e. The van der Waals surface area contributed by atoms with Gasteiger partial charge in [0.05, 0.1) is 11.7 Å². The van der Waals surface area contributed by atoms with Crippen LogP contribution in [0, 0.1) is 0 Å². The summed E-state index contributed by atoms with van der Waals surface area (Å²) in [5.41, 5.74) is 1.37. The number of likely N-dealkylation sites (N-methyl/N-ethyl adjacent to an activating group) is 2. The molecule has 2 atom stereocenters. The van der Waals surface area contributed by atoms with Crippen LogP contribution in [0.3, 0.4) is 0 Å². The molecular formula is C16H28N4S. The smallest absolute Gasteiger partial charge is 0.112 e. The molecule has 1 aromatic rings. The number of aromatic nitrogens is 1. The molecule has 0 spiro atoms. The minimum absolute atomic E-state index is 0.478. The van der Waals surface area contributed by atoms with Crippen LogP contribution >= 0.6 is 11.3 Å². The highest BCUT2D eigenvalue weighted by Crippen LogP contribution is 2.37. The van der Waals surface area contributed by atoms with E-state index in [2.05, 4.69) is 36.1 Å². The van der Waals surface area contributed by atoms with E-state index in [-0.39, 0.29) is 0 Å². The molecule has 1 N–H and O–H groups in total. The molecule has 1 saturated heterocycles. The number of fused-ring (bicyclic) bond motifs is 1. The number of piperazine rings is 1. The van der Waals surface area contributed by atoms with Crippen molar-refractivity contribution in [2.75, 3.05) is 40.3 Å². The van der Waals surface area contributed by atoms with Crippen molar-refractivity contribution in [3.05, 3.63) is 15.6 Å². The second kappa shape index (κ2) is 6.73. The molecule has 1 aromatic heterocycles. The summed E-state index contributed by atoms with van der Waals surface area (Å²) in [5.74, 6) is 0. The monoisotopic (exact) mass is 308 g/mol. The highest BCUT2D eigenvalue weighted by molar-refractivity contribution is 7.12. The number of nitrogens with one attached hydrogen (secondary N) is 1. The molecule has 2 unspecified atom stereocenters. The Morgan fingerprint density at radius 2 is 2.19 bits per heavy atom. The lowest BCUT2D eigenvalue weighted by atomic mass is 9.98. The van der Waals surface area contributed by atoms with E-state index in [9.17, 15) is 0 Å². The molecule has 0 bridgehead atoms. The minimum Gasteiger partial charge on any atom is -0.309 e. The van der Waals surface area contributed by atoms with Crippen molar-refractivity contribution < 1.29 is 0 Å². The lowest BCUT2D eigenvalue weighted by Crippen LogP contribution is -2.44. The van der Waals surface area contributed by atoms with Crippen LogP contribution in [0.25, 0.3) is 0 Å². The topological polar surface area (TPSA) is 31.4 Å². The normalized spacial score (nSPS) is 27.8. The summed E-state index contributed by atoms with van der Waals surface area (Å²) in [5, 5.41) is 5.04. The molecule has 5 heteroatoms. The molecule has 3 rings (SSSR count). The van der Waals surface area contributed by atoms with Crippen molar-refractivity contribution in [3.63, 3.8) is 0 Å². The molecule has 0 aromatic carbocycles. The highest BCUT2D eigenvalue weighted by atomic mass is 32.1. The second-order valence-corrected chi connectivity index (χ2v) is 7.58. The van der Waals surface area contributed by atoms with Crippen LogP contribution < -0.4 is 5.32 Å². The van der Waals surface area contributed by atoms with E-state index in [4.69, 9.17) is 4.98 Å². The predicted molar refractivity (Wildman–Crippen MR) is 89.0 cm³/mol. The first-order valence-corrected chi connectivity index (χ1v) is 9.12. The fourth-order valence-electron chi connectivity index (χ4n) is 3.37. The van der Waals surface area contributed by atoms with Gasteiger partial charge in [-0.3, -0.25) is 4.90 Å². The molecule has 2 aliphatic rings. The van der Waals surface area contributed by atoms with Crippen molar-refractivity contribution in [2.45, 2.75) is 44.7 Å². The first-order chi connectivity index (χ1) is 10.2. The molecule has 0 saturated carbocycles. The van der Waals surface area contributed by atoms with Crippen molar-refractivity contribution in [1.29, 1.82) is 0 Å². The number of hydrogen-bond donors (Lipinski definition) is 1. The Labute approximate surface area is 132 Å². The Morgan fingerprint density at radius 3 is 3.00 bits per heavy atom. The first kappa shape index (κ1) is 15.4. The van der Waals surface area contributed by atoms with Gasteiger partial charge in [-0.15, -0.1) is 11.3 Å². The highest BCUT2D eigenvalue weighted by Gasteiger charge is 2.30. The molecule has 1 aliphatic carbocycles. The van der Waals surface area contributed by atoms with Crippen molar-refractivity contribution in [3.8, 4) is 0 Å². The van der Waals surface area contributed by atoms with Gasteiger partial charge in [0.25, 0.3) is 0 Å². The second-order valence-electron chi connectivity index (χ2n) is 6.52. The number of nitrogens with zero attached hydrogens (tertiary/aromatic N) is 3. The third-order valence-electron chi connectivity index (χ3n) is 4.74. The van der Waals surface area contributed by atoms with Gasteiger partial charge in [0.15, 0.2) is 0 Å². The molecule has 2 heterocycles. The van der Waals surface area contributed by atoms with E-state index in [0.29, 0.717) is 12.1 Å². The number of thiazole rings is 1. The fraction of sp³-hybridized carbons (Fsp3) is 0.812. The zero-order valence-electron chi connectivity index (χ0n) is 13.6. The van der Waals surface area contributed by atoms with Gasteiger partial charge in [0, 0.05) is 30.6 Å². The summed E-state index contributed by atoms with van der Waals surface area (Å²) in [7, 11) is 4.46. The van der Waals surface area contributed by atoms with Crippen molar-refractivity contribution >= 4 is 11.3 Å². The first-order valence-electron chi connectivity index (χ1n) is 8.30. The van der Waals surface area contributed by atoms with Crippen LogP contribution in [0.15, 0.2) is 0 Å².